The molecule has 0 rings (SSSR count). The SMILES string of the molecule is CC([O-])CC(C)[O-].[Cu+2]. The summed E-state index contributed by atoms with van der Waals surface area (Å²) >= 11 is 0. The van der Waals surface area contributed by atoms with Gasteiger partial charge in [0.05, 0.1) is 0 Å². The summed E-state index contributed by atoms with van der Waals surface area (Å²) in [6.45, 7) is 3.02. The summed E-state index contributed by atoms with van der Waals surface area (Å²) in [6.07, 6.45) is -1.13. The van der Waals surface area contributed by atoms with Crippen molar-refractivity contribution in [2.24, 2.45) is 0 Å². The van der Waals surface area contributed by atoms with Crippen LogP contribution in [-0.4, -0.2) is 12.2 Å². The van der Waals surface area contributed by atoms with Crippen molar-refractivity contribution in [3.05, 3.63) is 0 Å². The molecule has 0 aromatic carbocycles. The first kappa shape index (κ1) is 11.3. The van der Waals surface area contributed by atoms with Crippen LogP contribution >= 0.6 is 0 Å². The molecule has 0 aromatic rings. The third kappa shape index (κ3) is 9.67. The Morgan fingerprint density at radius 1 is 1.12 bits per heavy atom. The van der Waals surface area contributed by atoms with Crippen LogP contribution in [-0.2, 0) is 17.1 Å². The van der Waals surface area contributed by atoms with Crippen molar-refractivity contribution in [1.29, 1.82) is 0 Å². The molecule has 1 radical (unpaired) electrons. The molecule has 0 aliphatic rings. The minimum atomic E-state index is -0.688. The maximum absolute atomic E-state index is 10.1. The molecule has 0 aromatic heterocycles. The summed E-state index contributed by atoms with van der Waals surface area (Å²) < 4.78 is 0. The van der Waals surface area contributed by atoms with E-state index in [-0.39, 0.29) is 23.5 Å². The van der Waals surface area contributed by atoms with Gasteiger partial charge >= 0.3 is 17.1 Å². The predicted molar refractivity (Wildman–Crippen MR) is 23.5 cm³/mol. The van der Waals surface area contributed by atoms with E-state index in [1.54, 1.807) is 0 Å². The second-order valence-corrected chi connectivity index (χ2v) is 1.86. The second-order valence-electron chi connectivity index (χ2n) is 1.86. The maximum atomic E-state index is 10.1. The van der Waals surface area contributed by atoms with Crippen LogP contribution in [0.1, 0.15) is 20.3 Å². The molecular weight excluding hydrogens is 156 g/mol. The van der Waals surface area contributed by atoms with Gasteiger partial charge in [-0.05, 0) is 0 Å². The largest absolute Gasteiger partial charge is 2.00 e. The third-order valence-corrected chi connectivity index (χ3v) is 0.664. The van der Waals surface area contributed by atoms with Crippen LogP contribution in [0.5, 0.6) is 0 Å². The number of rotatable bonds is 2. The summed E-state index contributed by atoms with van der Waals surface area (Å²) in [5, 5.41) is 20.3. The molecule has 0 heterocycles. The fourth-order valence-electron chi connectivity index (χ4n) is 0.467. The Morgan fingerprint density at radius 2 is 1.38 bits per heavy atom. The first-order chi connectivity index (χ1) is 3.13. The first-order valence-electron chi connectivity index (χ1n) is 2.44. The minimum Gasteiger partial charge on any atom is -0.852 e. The van der Waals surface area contributed by atoms with E-state index in [2.05, 4.69) is 0 Å². The molecule has 53 valence electrons. The smallest absolute Gasteiger partial charge is 0.852 e. The summed E-state index contributed by atoms with van der Waals surface area (Å²) in [4.78, 5) is 0. The van der Waals surface area contributed by atoms with Gasteiger partial charge < -0.3 is 10.2 Å². The zero-order chi connectivity index (χ0) is 5.86. The molecule has 0 bridgehead atoms. The molecule has 0 fully saturated rings. The zero-order valence-electron chi connectivity index (χ0n) is 4.98. The van der Waals surface area contributed by atoms with E-state index >= 15 is 0 Å². The van der Waals surface area contributed by atoms with Gasteiger partial charge in [-0.1, -0.05) is 20.3 Å². The van der Waals surface area contributed by atoms with E-state index in [1.165, 1.54) is 13.8 Å². The van der Waals surface area contributed by atoms with Crippen molar-refractivity contribution in [2.45, 2.75) is 32.5 Å². The van der Waals surface area contributed by atoms with Gasteiger partial charge in [0.2, 0.25) is 0 Å². The molecule has 3 heteroatoms. The van der Waals surface area contributed by atoms with Crippen LogP contribution < -0.4 is 10.2 Å². The van der Waals surface area contributed by atoms with Crippen LogP contribution in [0.3, 0.4) is 0 Å². The van der Waals surface area contributed by atoms with Gasteiger partial charge in [-0.25, -0.2) is 0 Å². The molecule has 0 N–H and O–H groups in total. The van der Waals surface area contributed by atoms with Gasteiger partial charge in [-0.3, -0.25) is 0 Å². The Labute approximate surface area is 60.4 Å². The molecule has 8 heavy (non-hydrogen) atoms. The van der Waals surface area contributed by atoms with Crippen LogP contribution in [0.15, 0.2) is 0 Å². The van der Waals surface area contributed by atoms with Gasteiger partial charge in [-0.2, -0.15) is 0 Å². The first-order valence-corrected chi connectivity index (χ1v) is 2.44. The molecule has 0 spiro atoms. The van der Waals surface area contributed by atoms with Gasteiger partial charge in [0.25, 0.3) is 0 Å². The Balaban J connectivity index is 0. The Morgan fingerprint density at radius 3 is 1.38 bits per heavy atom. The van der Waals surface area contributed by atoms with E-state index in [9.17, 15) is 10.2 Å². The van der Waals surface area contributed by atoms with Crippen molar-refractivity contribution in [1.82, 2.24) is 0 Å². The van der Waals surface area contributed by atoms with E-state index in [0.29, 0.717) is 0 Å². The molecule has 0 saturated carbocycles. The van der Waals surface area contributed by atoms with E-state index in [1.807, 2.05) is 0 Å². The van der Waals surface area contributed by atoms with E-state index in [0.717, 1.165) is 0 Å². The van der Waals surface area contributed by atoms with E-state index in [4.69, 9.17) is 0 Å². The monoisotopic (exact) mass is 165 g/mol. The Bertz CT molecular complexity index is 39.7. The fraction of sp³-hybridized carbons (Fsp3) is 1.00. The second kappa shape index (κ2) is 5.57. The molecular formula is C5H10CuO2. The van der Waals surface area contributed by atoms with Gasteiger partial charge in [0.15, 0.2) is 0 Å². The minimum absolute atomic E-state index is 0. The summed E-state index contributed by atoms with van der Waals surface area (Å²) in [5.74, 6) is 0. The number of hydrogen-bond donors (Lipinski definition) is 0. The van der Waals surface area contributed by atoms with Crippen LogP contribution in [0.25, 0.3) is 0 Å². The summed E-state index contributed by atoms with van der Waals surface area (Å²) in [5.41, 5.74) is 0. The van der Waals surface area contributed by atoms with Gasteiger partial charge in [0.1, 0.15) is 0 Å². The molecule has 2 atom stereocenters. The van der Waals surface area contributed by atoms with Crippen molar-refractivity contribution < 1.29 is 27.3 Å². The standard InChI is InChI=1S/C5H10O2.Cu/c1-4(6)3-5(2)7;/h4-5H,3H2,1-2H3;/q-2;+2. The molecule has 2 unspecified atom stereocenters. The maximum Gasteiger partial charge on any atom is 2.00 e. The van der Waals surface area contributed by atoms with Crippen LogP contribution in [0.4, 0.5) is 0 Å². The molecule has 0 aliphatic carbocycles. The van der Waals surface area contributed by atoms with Gasteiger partial charge in [0, 0.05) is 0 Å². The summed E-state index contributed by atoms with van der Waals surface area (Å²) in [7, 11) is 0. The predicted octanol–water partition coefficient (Wildman–Crippen LogP) is -1.13. The zero-order valence-corrected chi connectivity index (χ0v) is 5.92. The van der Waals surface area contributed by atoms with E-state index < -0.39 is 12.2 Å². The van der Waals surface area contributed by atoms with Crippen LogP contribution in [0.2, 0.25) is 0 Å². The molecule has 0 amide bonds. The van der Waals surface area contributed by atoms with Crippen molar-refractivity contribution in [2.75, 3.05) is 0 Å². The average molecular weight is 166 g/mol. The number of hydrogen-bond acceptors (Lipinski definition) is 2. The molecule has 0 aliphatic heterocycles. The molecule has 2 nitrogen and oxygen atoms in total. The Hall–Kier alpha value is 0.439. The van der Waals surface area contributed by atoms with Crippen LogP contribution in [0, 0.1) is 0 Å². The van der Waals surface area contributed by atoms with Gasteiger partial charge in [-0.15, -0.1) is 12.2 Å². The third-order valence-electron chi connectivity index (χ3n) is 0.664. The topological polar surface area (TPSA) is 46.1 Å². The normalized spacial score (nSPS) is 16.5. The van der Waals surface area contributed by atoms with Crippen molar-refractivity contribution >= 4 is 0 Å². The average Bonchev–Trinajstić information content (AvgIpc) is 1.27. The van der Waals surface area contributed by atoms with Crippen molar-refractivity contribution in [3.8, 4) is 0 Å². The fourth-order valence-corrected chi connectivity index (χ4v) is 0.467. The Kier molecular flexibility index (Phi) is 7.85. The summed E-state index contributed by atoms with van der Waals surface area (Å²) in [6, 6.07) is 0. The quantitative estimate of drug-likeness (QED) is 0.487. The van der Waals surface area contributed by atoms with Crippen molar-refractivity contribution in [3.63, 3.8) is 0 Å². The molecule has 0 saturated heterocycles.